The maximum atomic E-state index is 13.1. The molecule has 17 nitrogen and oxygen atoms in total. The summed E-state index contributed by atoms with van der Waals surface area (Å²) >= 11 is 0. The summed E-state index contributed by atoms with van der Waals surface area (Å²) in [5.41, 5.74) is 0. The van der Waals surface area contributed by atoms with E-state index in [1.54, 1.807) is 0 Å². The lowest BCUT2D eigenvalue weighted by atomic mass is 10.0. The lowest BCUT2D eigenvalue weighted by Crippen LogP contribution is -2.30. The van der Waals surface area contributed by atoms with E-state index in [-0.39, 0.29) is 25.7 Å². The topological polar surface area (TPSA) is 237 Å². The third-order valence-corrected chi connectivity index (χ3v) is 21.8. The van der Waals surface area contributed by atoms with Crippen molar-refractivity contribution in [3.8, 4) is 0 Å². The lowest BCUT2D eigenvalue weighted by Gasteiger charge is -2.21. The summed E-state index contributed by atoms with van der Waals surface area (Å²) < 4.78 is 68.8. The molecule has 0 aromatic heterocycles. The Kier molecular flexibility index (Phi) is 76.7. The molecule has 0 bridgehead atoms. The Labute approximate surface area is 632 Å². The highest BCUT2D eigenvalue weighted by Crippen LogP contribution is 2.45. The molecule has 0 amide bonds. The van der Waals surface area contributed by atoms with Gasteiger partial charge in [0.05, 0.1) is 26.4 Å². The van der Waals surface area contributed by atoms with Gasteiger partial charge in [-0.25, -0.2) is 9.13 Å². The molecule has 0 aliphatic rings. The number of phosphoric ester groups is 2. The Bertz CT molecular complexity index is 1950. The number of esters is 4. The van der Waals surface area contributed by atoms with Crippen LogP contribution < -0.4 is 0 Å². The van der Waals surface area contributed by atoms with Gasteiger partial charge in [0.1, 0.15) is 19.3 Å². The summed E-state index contributed by atoms with van der Waals surface area (Å²) in [5.74, 6) is -2.10. The van der Waals surface area contributed by atoms with Crippen molar-refractivity contribution in [2.75, 3.05) is 39.6 Å². The van der Waals surface area contributed by atoms with E-state index in [0.29, 0.717) is 25.7 Å². The summed E-state index contributed by atoms with van der Waals surface area (Å²) in [6, 6.07) is 0. The number of hydrogen-bond donors (Lipinski definition) is 3. The van der Waals surface area contributed by atoms with Crippen molar-refractivity contribution in [2.45, 2.75) is 476 Å². The predicted molar refractivity (Wildman–Crippen MR) is 423 cm³/mol. The fourth-order valence-corrected chi connectivity index (χ4v) is 14.7. The number of phosphoric acid groups is 2. The van der Waals surface area contributed by atoms with Crippen molar-refractivity contribution < 1.29 is 80.2 Å². The third-order valence-electron chi connectivity index (χ3n) is 19.9. The van der Waals surface area contributed by atoms with Gasteiger partial charge in [0.25, 0.3) is 0 Å². The summed E-state index contributed by atoms with van der Waals surface area (Å²) in [5, 5.41) is 10.7. The van der Waals surface area contributed by atoms with Gasteiger partial charge in [-0.1, -0.05) is 407 Å². The zero-order valence-electron chi connectivity index (χ0n) is 67.3. The summed E-state index contributed by atoms with van der Waals surface area (Å²) in [6.07, 6.45) is 72.1. The number of carbonyl (C=O) groups excluding carboxylic acids is 4. The molecule has 0 aromatic carbocycles. The second kappa shape index (κ2) is 78.2. The highest BCUT2D eigenvalue weighted by Gasteiger charge is 2.30. The molecular formula is C84H164O17P2. The molecular weight excluding hydrogens is 1340 g/mol. The molecule has 0 radical (unpaired) electrons. The van der Waals surface area contributed by atoms with Crippen LogP contribution in [-0.2, 0) is 65.4 Å². The van der Waals surface area contributed by atoms with Crippen molar-refractivity contribution in [1.29, 1.82) is 0 Å². The van der Waals surface area contributed by atoms with Crippen LogP contribution in [0.4, 0.5) is 0 Å². The number of hydrogen-bond acceptors (Lipinski definition) is 15. The lowest BCUT2D eigenvalue weighted by molar-refractivity contribution is -0.161. The monoisotopic (exact) mass is 1510 g/mol. The number of rotatable bonds is 85. The number of unbranched alkanes of at least 4 members (excludes halogenated alkanes) is 59. The molecule has 0 aliphatic carbocycles. The smallest absolute Gasteiger partial charge is 0.462 e. The zero-order chi connectivity index (χ0) is 75.3. The number of aliphatic hydroxyl groups excluding tert-OH is 1. The van der Waals surface area contributed by atoms with Crippen LogP contribution in [0.1, 0.15) is 458 Å². The van der Waals surface area contributed by atoms with E-state index < -0.39 is 97.5 Å². The van der Waals surface area contributed by atoms with Crippen LogP contribution in [0.2, 0.25) is 0 Å². The minimum Gasteiger partial charge on any atom is -0.462 e. The van der Waals surface area contributed by atoms with Gasteiger partial charge in [-0.15, -0.1) is 0 Å². The van der Waals surface area contributed by atoms with E-state index in [4.69, 9.17) is 37.0 Å². The van der Waals surface area contributed by atoms with E-state index in [1.807, 2.05) is 0 Å². The van der Waals surface area contributed by atoms with Gasteiger partial charge >= 0.3 is 39.5 Å². The molecule has 5 atom stereocenters. The van der Waals surface area contributed by atoms with Gasteiger partial charge in [0.15, 0.2) is 12.2 Å². The number of ether oxygens (including phenoxy) is 4. The van der Waals surface area contributed by atoms with Crippen molar-refractivity contribution in [3.63, 3.8) is 0 Å². The summed E-state index contributed by atoms with van der Waals surface area (Å²) in [4.78, 5) is 73.1. The maximum absolute atomic E-state index is 13.1. The SMILES string of the molecule is CCCCCCCCCCCCCCCCCCCCCCCC(=O)O[C@H](COC(=O)CCCCCCCCCCCCCCCCCCC)COP(=O)(O)OC[C@@H](O)COP(=O)(O)OC[C@@H](COC(=O)CCCCCCCCCCCCCC)OC(=O)CCCCCCCCCCCCCCC. The van der Waals surface area contributed by atoms with E-state index in [9.17, 15) is 43.2 Å². The first-order valence-electron chi connectivity index (χ1n) is 43.8. The van der Waals surface area contributed by atoms with Crippen molar-refractivity contribution >= 4 is 39.5 Å². The molecule has 3 N–H and O–H groups in total. The molecule has 0 aliphatic heterocycles. The Balaban J connectivity index is 5.23. The van der Waals surface area contributed by atoms with Crippen LogP contribution in [0.5, 0.6) is 0 Å². The van der Waals surface area contributed by atoms with E-state index in [0.717, 1.165) is 89.9 Å². The second-order valence-corrected chi connectivity index (χ2v) is 33.1. The fraction of sp³-hybridized carbons (Fsp3) is 0.952. The van der Waals surface area contributed by atoms with Crippen LogP contribution in [0.15, 0.2) is 0 Å². The largest absolute Gasteiger partial charge is 0.472 e. The molecule has 19 heteroatoms. The zero-order valence-corrected chi connectivity index (χ0v) is 69.1. The first kappa shape index (κ1) is 101. The van der Waals surface area contributed by atoms with Gasteiger partial charge in [-0.05, 0) is 25.7 Å². The maximum Gasteiger partial charge on any atom is 0.472 e. The van der Waals surface area contributed by atoms with Crippen LogP contribution in [0.3, 0.4) is 0 Å². The molecule has 0 spiro atoms. The molecule has 103 heavy (non-hydrogen) atoms. The highest BCUT2D eigenvalue weighted by atomic mass is 31.2. The van der Waals surface area contributed by atoms with Gasteiger partial charge in [-0.2, -0.15) is 0 Å². The normalized spacial score (nSPS) is 13.7. The second-order valence-electron chi connectivity index (χ2n) is 30.2. The molecule has 0 saturated heterocycles. The number of carbonyl (C=O) groups is 4. The minimum atomic E-state index is -4.96. The molecule has 0 rings (SSSR count). The first-order valence-corrected chi connectivity index (χ1v) is 46.8. The summed E-state index contributed by atoms with van der Waals surface area (Å²) in [6.45, 7) is 5.05. The predicted octanol–water partition coefficient (Wildman–Crippen LogP) is 25.7. The number of aliphatic hydroxyl groups is 1. The van der Waals surface area contributed by atoms with Gasteiger partial charge in [-0.3, -0.25) is 37.3 Å². The highest BCUT2D eigenvalue weighted by molar-refractivity contribution is 7.47. The molecule has 612 valence electrons. The van der Waals surface area contributed by atoms with Gasteiger partial charge in [0, 0.05) is 25.7 Å². The molecule has 0 saturated carbocycles. The molecule has 2 unspecified atom stereocenters. The Morgan fingerprint density at radius 3 is 0.573 bits per heavy atom. The van der Waals surface area contributed by atoms with Crippen LogP contribution in [0.25, 0.3) is 0 Å². The van der Waals surface area contributed by atoms with Crippen LogP contribution in [-0.4, -0.2) is 96.7 Å². The fourth-order valence-electron chi connectivity index (χ4n) is 13.2. The molecule has 0 aromatic rings. The standard InChI is InChI=1S/C84H164O17P2/c1-5-9-13-17-21-25-29-33-35-37-38-39-40-42-44-47-51-55-59-63-67-71-84(89)101-80(75-95-82(87)69-65-61-57-53-49-46-43-41-36-34-30-26-22-18-14-10-6-2)77-99-103(92,93)97-73-78(85)72-96-102(90,91)98-76-79(74-94-81(86)68-64-60-56-52-48-32-28-24-20-16-12-8-4)100-83(88)70-66-62-58-54-50-45-31-27-23-19-15-11-7-3/h78-80,85H,5-77H2,1-4H3,(H,90,91)(H,92,93)/t78-,79+,80+/m0/s1. The van der Waals surface area contributed by atoms with Crippen molar-refractivity contribution in [1.82, 2.24) is 0 Å². The average Bonchev–Trinajstić information content (AvgIpc) is 1.15. The van der Waals surface area contributed by atoms with Crippen molar-refractivity contribution in [3.05, 3.63) is 0 Å². The molecule has 0 fully saturated rings. The first-order chi connectivity index (χ1) is 50.2. The Morgan fingerprint density at radius 1 is 0.233 bits per heavy atom. The van der Waals surface area contributed by atoms with E-state index in [2.05, 4.69) is 27.7 Å². The summed E-state index contributed by atoms with van der Waals surface area (Å²) in [7, 11) is -9.92. The minimum absolute atomic E-state index is 0.109. The van der Waals surface area contributed by atoms with Crippen LogP contribution in [0, 0.1) is 0 Å². The molecule has 0 heterocycles. The average molecular weight is 1510 g/mol. The van der Waals surface area contributed by atoms with Crippen LogP contribution >= 0.6 is 15.6 Å². The van der Waals surface area contributed by atoms with Gasteiger partial charge < -0.3 is 33.8 Å². The van der Waals surface area contributed by atoms with E-state index >= 15 is 0 Å². The third kappa shape index (κ3) is 78.0. The van der Waals surface area contributed by atoms with Gasteiger partial charge in [0.2, 0.25) is 0 Å². The Morgan fingerprint density at radius 2 is 0.388 bits per heavy atom. The Hall–Kier alpha value is -1.94. The quantitative estimate of drug-likeness (QED) is 0.0222. The van der Waals surface area contributed by atoms with E-state index in [1.165, 1.54) is 289 Å². The van der Waals surface area contributed by atoms with Crippen molar-refractivity contribution in [2.24, 2.45) is 0 Å².